The van der Waals surface area contributed by atoms with E-state index in [1.807, 2.05) is 6.92 Å². The number of unbranched alkanes of at least 4 members (excludes halogenated alkanes) is 6. The van der Waals surface area contributed by atoms with E-state index in [9.17, 15) is 9.46 Å². The van der Waals surface area contributed by atoms with Crippen molar-refractivity contribution < 1.29 is 37.8 Å². The van der Waals surface area contributed by atoms with E-state index in [0.717, 1.165) is 19.3 Å². The number of phosphoric ester groups is 1. The third-order valence-electron chi connectivity index (χ3n) is 3.41. The molecule has 26 heavy (non-hydrogen) atoms. The number of hydrogen-bond donors (Lipinski definition) is 1. The molecule has 1 atom stereocenters. The largest absolute Gasteiger partial charge is 0.499 e. The molecule has 0 saturated carbocycles. The topological polar surface area (TPSA) is 92.7 Å². The van der Waals surface area contributed by atoms with Crippen molar-refractivity contribution in [2.24, 2.45) is 0 Å². The number of rotatable bonds is 21. The van der Waals surface area contributed by atoms with Gasteiger partial charge in [0.2, 0.25) is 0 Å². The highest BCUT2D eigenvalue weighted by atomic mass is 31.2. The molecule has 0 radical (unpaired) electrons. The van der Waals surface area contributed by atoms with E-state index in [4.69, 9.17) is 23.6 Å². The Morgan fingerprint density at radius 2 is 1.23 bits per heavy atom. The highest BCUT2D eigenvalue weighted by molar-refractivity contribution is 7.47. The lowest BCUT2D eigenvalue weighted by molar-refractivity contribution is -0.225. The normalized spacial score (nSPS) is 13.8. The summed E-state index contributed by atoms with van der Waals surface area (Å²) in [6, 6.07) is 0. The molecule has 0 aromatic carbocycles. The molecule has 158 valence electrons. The van der Waals surface area contributed by atoms with E-state index < -0.39 is 7.82 Å². The van der Waals surface area contributed by atoms with Crippen LogP contribution in [0.3, 0.4) is 0 Å². The monoisotopic (exact) mass is 400 g/mol. The highest BCUT2D eigenvalue weighted by Crippen LogP contribution is 2.43. The molecule has 0 aromatic heterocycles. The van der Waals surface area contributed by atoms with E-state index in [1.165, 1.54) is 25.7 Å². The quantitative estimate of drug-likeness (QED) is 0.134. The number of ether oxygens (including phenoxy) is 3. The summed E-state index contributed by atoms with van der Waals surface area (Å²) < 4.78 is 36.3. The molecule has 0 rings (SSSR count). The zero-order valence-corrected chi connectivity index (χ0v) is 17.3. The van der Waals surface area contributed by atoms with Gasteiger partial charge in [0, 0.05) is 6.61 Å². The zero-order chi connectivity index (χ0) is 19.3. The summed E-state index contributed by atoms with van der Waals surface area (Å²) in [5, 5.41) is 0. The van der Waals surface area contributed by atoms with Crippen molar-refractivity contribution in [3.05, 3.63) is 0 Å². The first-order valence-electron chi connectivity index (χ1n) is 9.64. The molecule has 0 aromatic rings. The lowest BCUT2D eigenvalue weighted by atomic mass is 10.1. The van der Waals surface area contributed by atoms with Crippen LogP contribution >= 0.6 is 7.82 Å². The molecule has 0 bridgehead atoms. The van der Waals surface area contributed by atoms with Crippen LogP contribution in [0.2, 0.25) is 0 Å². The first-order chi connectivity index (χ1) is 12.6. The molecule has 0 spiro atoms. The second-order valence-electron chi connectivity index (χ2n) is 5.74. The van der Waals surface area contributed by atoms with Crippen LogP contribution in [0.25, 0.3) is 0 Å². The Kier molecular flexibility index (Phi) is 19.7. The summed E-state index contributed by atoms with van der Waals surface area (Å²) in [6.07, 6.45) is 7.93. The lowest BCUT2D eigenvalue weighted by Gasteiger charge is -2.11. The van der Waals surface area contributed by atoms with Gasteiger partial charge in [-0.3, -0.25) is 4.52 Å². The van der Waals surface area contributed by atoms with Gasteiger partial charge in [-0.25, -0.2) is 9.45 Å². The first kappa shape index (κ1) is 26.0. The minimum absolute atomic E-state index is 0.0620. The standard InChI is InChI=1S/C17H37O8P/c1-3-5-6-7-8-9-10-11-23-25-26(18,19)24-17-16-22-15-14-21-13-12-20-4-2/h3-17H2,1-2H3,(H,18,19). The summed E-state index contributed by atoms with van der Waals surface area (Å²) in [6.45, 7) is 7.05. The van der Waals surface area contributed by atoms with Crippen molar-refractivity contribution >= 4 is 7.82 Å². The van der Waals surface area contributed by atoms with Crippen LogP contribution in [0.1, 0.15) is 58.8 Å². The highest BCUT2D eigenvalue weighted by Gasteiger charge is 2.22. The van der Waals surface area contributed by atoms with Crippen molar-refractivity contribution in [2.75, 3.05) is 52.9 Å². The SMILES string of the molecule is CCCCCCCCCOOP(=O)(O)OCCOCCOCCOCC. The van der Waals surface area contributed by atoms with Crippen molar-refractivity contribution in [2.45, 2.75) is 58.8 Å². The molecule has 0 aliphatic heterocycles. The average Bonchev–Trinajstić information content (AvgIpc) is 2.62. The maximum atomic E-state index is 11.5. The molecule has 9 heteroatoms. The second kappa shape index (κ2) is 19.7. The van der Waals surface area contributed by atoms with Gasteiger partial charge in [-0.2, -0.15) is 0 Å². The maximum Gasteiger partial charge on any atom is 0.499 e. The Bertz CT molecular complexity index is 330. The summed E-state index contributed by atoms with van der Waals surface area (Å²) in [4.78, 5) is 14.2. The molecule has 0 aliphatic carbocycles. The van der Waals surface area contributed by atoms with Gasteiger partial charge in [0.1, 0.15) is 0 Å². The zero-order valence-electron chi connectivity index (χ0n) is 16.4. The van der Waals surface area contributed by atoms with Gasteiger partial charge in [0.05, 0.1) is 46.2 Å². The lowest BCUT2D eigenvalue weighted by Crippen LogP contribution is -2.11. The number of phosphoric acid groups is 1. The Morgan fingerprint density at radius 3 is 1.85 bits per heavy atom. The van der Waals surface area contributed by atoms with E-state index in [2.05, 4.69) is 11.6 Å². The predicted octanol–water partition coefficient (Wildman–Crippen LogP) is 3.87. The van der Waals surface area contributed by atoms with E-state index in [0.29, 0.717) is 33.0 Å². The fourth-order valence-corrected chi connectivity index (χ4v) is 2.60. The van der Waals surface area contributed by atoms with Crippen LogP contribution in [0, 0.1) is 0 Å². The van der Waals surface area contributed by atoms with Crippen LogP contribution in [-0.2, 0) is 32.9 Å². The van der Waals surface area contributed by atoms with Crippen molar-refractivity contribution in [3.63, 3.8) is 0 Å². The molecule has 0 amide bonds. The van der Waals surface area contributed by atoms with Gasteiger partial charge in [-0.15, -0.1) is 4.67 Å². The first-order valence-corrected chi connectivity index (χ1v) is 11.1. The van der Waals surface area contributed by atoms with E-state index in [1.54, 1.807) is 0 Å². The Morgan fingerprint density at radius 1 is 0.692 bits per heavy atom. The van der Waals surface area contributed by atoms with Gasteiger partial charge in [-0.05, 0) is 13.3 Å². The summed E-state index contributed by atoms with van der Waals surface area (Å²) in [7, 11) is -4.19. The van der Waals surface area contributed by atoms with E-state index in [-0.39, 0.29) is 19.8 Å². The third kappa shape index (κ3) is 20.3. The smallest absolute Gasteiger partial charge is 0.379 e. The predicted molar refractivity (Wildman–Crippen MR) is 98.9 cm³/mol. The summed E-state index contributed by atoms with van der Waals surface area (Å²) in [5.74, 6) is 0. The van der Waals surface area contributed by atoms with Crippen LogP contribution in [0.5, 0.6) is 0 Å². The Hall–Kier alpha value is -0.0500. The maximum absolute atomic E-state index is 11.5. The molecular weight excluding hydrogens is 363 g/mol. The summed E-state index contributed by atoms with van der Waals surface area (Å²) >= 11 is 0. The molecule has 8 nitrogen and oxygen atoms in total. The minimum atomic E-state index is -4.19. The molecule has 0 fully saturated rings. The fourth-order valence-electron chi connectivity index (χ4n) is 2.04. The van der Waals surface area contributed by atoms with Crippen LogP contribution < -0.4 is 0 Å². The molecule has 1 unspecified atom stereocenters. The average molecular weight is 400 g/mol. The Labute approximate surface area is 158 Å². The summed E-state index contributed by atoms with van der Waals surface area (Å²) in [5.41, 5.74) is 0. The van der Waals surface area contributed by atoms with E-state index >= 15 is 0 Å². The molecule has 0 heterocycles. The molecular formula is C17H37O8P. The number of hydrogen-bond acceptors (Lipinski definition) is 7. The van der Waals surface area contributed by atoms with Crippen LogP contribution in [0.4, 0.5) is 0 Å². The third-order valence-corrected chi connectivity index (χ3v) is 4.21. The molecule has 0 aliphatic rings. The van der Waals surface area contributed by atoms with Crippen LogP contribution in [-0.4, -0.2) is 57.7 Å². The van der Waals surface area contributed by atoms with Crippen molar-refractivity contribution in [3.8, 4) is 0 Å². The van der Waals surface area contributed by atoms with Gasteiger partial charge in [0.25, 0.3) is 0 Å². The van der Waals surface area contributed by atoms with Crippen molar-refractivity contribution in [1.29, 1.82) is 0 Å². The van der Waals surface area contributed by atoms with Crippen LogP contribution in [0.15, 0.2) is 0 Å². The van der Waals surface area contributed by atoms with Crippen molar-refractivity contribution in [1.82, 2.24) is 0 Å². The minimum Gasteiger partial charge on any atom is -0.379 e. The second-order valence-corrected chi connectivity index (χ2v) is 7.09. The van der Waals surface area contributed by atoms with Gasteiger partial charge >= 0.3 is 7.82 Å². The molecule has 1 N–H and O–H groups in total. The fraction of sp³-hybridized carbons (Fsp3) is 1.00. The molecule has 0 saturated heterocycles. The van der Waals surface area contributed by atoms with Gasteiger partial charge in [0.15, 0.2) is 0 Å². The van der Waals surface area contributed by atoms with Gasteiger partial charge in [-0.1, -0.05) is 45.4 Å². The Balaban J connectivity index is 3.33. The van der Waals surface area contributed by atoms with Gasteiger partial charge < -0.3 is 19.1 Å².